The first-order chi connectivity index (χ1) is 11.0. The van der Waals surface area contributed by atoms with E-state index < -0.39 is 10.0 Å². The molecule has 0 amide bonds. The van der Waals surface area contributed by atoms with E-state index in [1.54, 1.807) is 16.4 Å². The Kier molecular flexibility index (Phi) is 5.53. The molecule has 124 valence electrons. The van der Waals surface area contributed by atoms with Crippen LogP contribution in [0.25, 0.3) is 0 Å². The number of hydrogen-bond acceptors (Lipinski definition) is 4. The van der Waals surface area contributed by atoms with Crippen molar-refractivity contribution in [1.82, 2.24) is 4.31 Å². The molecule has 1 aliphatic heterocycles. The van der Waals surface area contributed by atoms with E-state index in [9.17, 15) is 8.42 Å². The third-order valence-corrected chi connectivity index (χ3v) is 9.28. The molecule has 0 bridgehead atoms. The minimum Gasteiger partial charge on any atom is -0.206 e. The number of aryl methyl sites for hydroxylation is 1. The summed E-state index contributed by atoms with van der Waals surface area (Å²) in [4.78, 5) is 0. The lowest BCUT2D eigenvalue weighted by molar-refractivity contribution is 0.429. The molecule has 1 atom stereocenters. The Hall–Kier alpha value is -0.340. The Bertz CT molecular complexity index is 788. The lowest BCUT2D eigenvalue weighted by Crippen LogP contribution is -2.32. The third kappa shape index (κ3) is 3.85. The van der Waals surface area contributed by atoms with Crippen LogP contribution in [0.3, 0.4) is 0 Å². The smallest absolute Gasteiger partial charge is 0.206 e. The van der Waals surface area contributed by atoms with Crippen molar-refractivity contribution in [2.24, 2.45) is 0 Å². The predicted octanol–water partition coefficient (Wildman–Crippen LogP) is 4.69. The molecule has 0 aliphatic carbocycles. The number of thioether (sulfide) groups is 1. The van der Waals surface area contributed by atoms with Gasteiger partial charge in [-0.3, -0.25) is 0 Å². The van der Waals surface area contributed by atoms with Gasteiger partial charge in [0.25, 0.3) is 10.0 Å². The molecule has 1 aliphatic rings. The number of thiophene rings is 1. The summed E-state index contributed by atoms with van der Waals surface area (Å²) >= 11 is 6.48. The van der Waals surface area contributed by atoms with Crippen LogP contribution in [0.5, 0.6) is 0 Å². The highest BCUT2D eigenvalue weighted by molar-refractivity contribution is 9.11. The number of nitrogens with zero attached hydrogens (tertiary/aromatic N) is 1. The van der Waals surface area contributed by atoms with Gasteiger partial charge in [0.15, 0.2) is 0 Å². The molecule has 2 heterocycles. The van der Waals surface area contributed by atoms with Crippen LogP contribution < -0.4 is 0 Å². The van der Waals surface area contributed by atoms with Crippen LogP contribution in [-0.4, -0.2) is 31.6 Å². The summed E-state index contributed by atoms with van der Waals surface area (Å²) in [5.41, 5.74) is 2.61. The van der Waals surface area contributed by atoms with Crippen LogP contribution in [0.15, 0.2) is 44.4 Å². The maximum Gasteiger partial charge on any atom is 0.252 e. The maximum atomic E-state index is 12.8. The van der Waals surface area contributed by atoms with Gasteiger partial charge in [-0.1, -0.05) is 24.3 Å². The molecule has 1 fully saturated rings. The zero-order valence-corrected chi connectivity index (χ0v) is 16.8. The second kappa shape index (κ2) is 7.27. The molecule has 3 nitrogen and oxygen atoms in total. The van der Waals surface area contributed by atoms with Crippen molar-refractivity contribution in [2.45, 2.75) is 22.8 Å². The van der Waals surface area contributed by atoms with Crippen LogP contribution in [-0.2, 0) is 10.0 Å². The Labute approximate surface area is 154 Å². The minimum absolute atomic E-state index is 0.367. The fourth-order valence-electron chi connectivity index (χ4n) is 2.75. The number of benzene rings is 1. The largest absolute Gasteiger partial charge is 0.252 e. The molecule has 23 heavy (non-hydrogen) atoms. The molecule has 1 aromatic heterocycles. The Morgan fingerprint density at radius 1 is 1.17 bits per heavy atom. The second-order valence-corrected chi connectivity index (χ2v) is 11.4. The monoisotopic (exact) mass is 431 g/mol. The van der Waals surface area contributed by atoms with E-state index in [0.29, 0.717) is 22.5 Å². The van der Waals surface area contributed by atoms with Gasteiger partial charge < -0.3 is 0 Å². The Morgan fingerprint density at radius 2 is 1.96 bits per heavy atom. The SMILES string of the molecule is Cc1ccccc1C1CCN(S(=O)(=O)c2ccc(Br)s2)CCS1. The molecule has 0 N–H and O–H groups in total. The number of halogens is 1. The average Bonchev–Trinajstić information content (AvgIpc) is 2.82. The molecule has 1 aromatic carbocycles. The number of sulfonamides is 1. The average molecular weight is 432 g/mol. The predicted molar refractivity (Wildman–Crippen MR) is 102 cm³/mol. The fourth-order valence-corrected chi connectivity index (χ4v) is 7.81. The van der Waals surface area contributed by atoms with Crippen molar-refractivity contribution < 1.29 is 8.42 Å². The van der Waals surface area contributed by atoms with Crippen molar-refractivity contribution >= 4 is 49.1 Å². The molecule has 1 unspecified atom stereocenters. The Morgan fingerprint density at radius 3 is 2.65 bits per heavy atom. The molecule has 0 radical (unpaired) electrons. The summed E-state index contributed by atoms with van der Waals surface area (Å²) in [5, 5.41) is 0.367. The van der Waals surface area contributed by atoms with Gasteiger partial charge in [-0.15, -0.1) is 11.3 Å². The summed E-state index contributed by atoms with van der Waals surface area (Å²) < 4.78 is 28.4. The molecule has 3 rings (SSSR count). The van der Waals surface area contributed by atoms with Gasteiger partial charge in [0.05, 0.1) is 3.79 Å². The summed E-state index contributed by atoms with van der Waals surface area (Å²) in [7, 11) is -3.37. The van der Waals surface area contributed by atoms with Gasteiger partial charge in [0, 0.05) is 24.1 Å². The first-order valence-electron chi connectivity index (χ1n) is 7.41. The summed E-state index contributed by atoms with van der Waals surface area (Å²) in [6, 6.07) is 11.9. The molecule has 1 saturated heterocycles. The lowest BCUT2D eigenvalue weighted by atomic mass is 10.0. The zero-order chi connectivity index (χ0) is 16.4. The standard InChI is InChI=1S/C16H18BrNO2S3/c1-12-4-2-3-5-13(12)14-8-9-18(10-11-21-14)23(19,20)16-7-6-15(17)22-16/h2-7,14H,8-11H2,1H3. The number of hydrogen-bond donors (Lipinski definition) is 0. The fraction of sp³-hybridized carbons (Fsp3) is 0.375. The quantitative estimate of drug-likeness (QED) is 0.707. The number of rotatable bonds is 3. The first kappa shape index (κ1) is 17.5. The van der Waals surface area contributed by atoms with Gasteiger partial charge >= 0.3 is 0 Å². The van der Waals surface area contributed by atoms with Gasteiger partial charge in [-0.25, -0.2) is 8.42 Å². The van der Waals surface area contributed by atoms with E-state index in [2.05, 4.69) is 41.1 Å². The van der Waals surface area contributed by atoms with E-state index in [1.165, 1.54) is 22.5 Å². The van der Waals surface area contributed by atoms with E-state index >= 15 is 0 Å². The second-order valence-electron chi connectivity index (χ2n) is 5.47. The maximum absolute atomic E-state index is 12.8. The van der Waals surface area contributed by atoms with Crippen molar-refractivity contribution in [3.63, 3.8) is 0 Å². The van der Waals surface area contributed by atoms with Crippen LogP contribution in [0.1, 0.15) is 22.8 Å². The molecule has 0 spiro atoms. The van der Waals surface area contributed by atoms with E-state index in [-0.39, 0.29) is 0 Å². The molecular formula is C16H18BrNO2S3. The molecule has 7 heteroatoms. The summed E-state index contributed by atoms with van der Waals surface area (Å²) in [6.45, 7) is 3.27. The topological polar surface area (TPSA) is 37.4 Å². The van der Waals surface area contributed by atoms with Gasteiger partial charge in [0.1, 0.15) is 4.21 Å². The minimum atomic E-state index is -3.37. The van der Waals surface area contributed by atoms with Crippen LogP contribution in [0, 0.1) is 6.92 Å². The summed E-state index contributed by atoms with van der Waals surface area (Å²) in [5.74, 6) is 0.824. The highest BCUT2D eigenvalue weighted by Gasteiger charge is 2.29. The molecule has 0 saturated carbocycles. The highest BCUT2D eigenvalue weighted by atomic mass is 79.9. The van der Waals surface area contributed by atoms with Crippen LogP contribution in [0.2, 0.25) is 0 Å². The first-order valence-corrected chi connectivity index (χ1v) is 11.5. The van der Waals surface area contributed by atoms with E-state index in [1.807, 2.05) is 17.8 Å². The van der Waals surface area contributed by atoms with Crippen LogP contribution in [0.4, 0.5) is 0 Å². The van der Waals surface area contributed by atoms with Crippen LogP contribution >= 0.6 is 39.0 Å². The van der Waals surface area contributed by atoms with E-state index in [0.717, 1.165) is 16.0 Å². The zero-order valence-electron chi connectivity index (χ0n) is 12.7. The normalized spacial score (nSPS) is 20.3. The highest BCUT2D eigenvalue weighted by Crippen LogP contribution is 2.37. The van der Waals surface area contributed by atoms with Gasteiger partial charge in [0.2, 0.25) is 0 Å². The van der Waals surface area contributed by atoms with E-state index in [4.69, 9.17) is 0 Å². The molecule has 2 aromatic rings. The lowest BCUT2D eigenvalue weighted by Gasteiger charge is -2.19. The van der Waals surface area contributed by atoms with Crippen molar-refractivity contribution in [3.8, 4) is 0 Å². The molecular weight excluding hydrogens is 414 g/mol. The summed E-state index contributed by atoms with van der Waals surface area (Å²) in [6.07, 6.45) is 0.849. The van der Waals surface area contributed by atoms with Crippen molar-refractivity contribution in [3.05, 3.63) is 51.3 Å². The van der Waals surface area contributed by atoms with Gasteiger partial charge in [-0.05, 0) is 52.5 Å². The van der Waals surface area contributed by atoms with Gasteiger partial charge in [-0.2, -0.15) is 16.1 Å². The third-order valence-electron chi connectivity index (χ3n) is 3.98. The Balaban J connectivity index is 1.78. The van der Waals surface area contributed by atoms with Crippen molar-refractivity contribution in [1.29, 1.82) is 0 Å². The van der Waals surface area contributed by atoms with Crippen molar-refractivity contribution in [2.75, 3.05) is 18.8 Å².